The van der Waals surface area contributed by atoms with Crippen molar-refractivity contribution in [2.45, 2.75) is 25.3 Å². The maximum atomic E-state index is 13.4. The van der Waals surface area contributed by atoms with Crippen LogP contribution in [-0.4, -0.2) is 22.9 Å². The predicted molar refractivity (Wildman–Crippen MR) is 46.7 cm³/mol. The first-order valence-corrected chi connectivity index (χ1v) is 4.59. The zero-order chi connectivity index (χ0) is 11.1. The summed E-state index contributed by atoms with van der Waals surface area (Å²) in [6.07, 6.45) is 0.168. The summed E-state index contributed by atoms with van der Waals surface area (Å²) >= 11 is 0. The van der Waals surface area contributed by atoms with E-state index in [0.717, 1.165) is 6.07 Å². The van der Waals surface area contributed by atoms with E-state index < -0.39 is 11.9 Å². The van der Waals surface area contributed by atoms with Crippen molar-refractivity contribution in [1.29, 1.82) is 0 Å². The molecule has 0 amide bonds. The van der Waals surface area contributed by atoms with Crippen LogP contribution in [0.1, 0.15) is 29.0 Å². The third kappa shape index (κ3) is 1.60. The van der Waals surface area contributed by atoms with E-state index >= 15 is 0 Å². The van der Waals surface area contributed by atoms with Gasteiger partial charge in [-0.1, -0.05) is 0 Å². The molecule has 2 rings (SSSR count). The number of halogens is 2. The zero-order valence-corrected chi connectivity index (χ0v) is 8.17. The first-order chi connectivity index (χ1) is 7.04. The molecule has 1 aliphatic rings. The van der Waals surface area contributed by atoms with Gasteiger partial charge in [0.1, 0.15) is 5.69 Å². The van der Waals surface area contributed by atoms with Gasteiger partial charge in [0.05, 0.1) is 7.11 Å². The number of fused-ring (bicyclic) bond motifs is 1. The number of aromatic nitrogens is 2. The molecule has 0 N–H and O–H groups in total. The van der Waals surface area contributed by atoms with Crippen molar-refractivity contribution in [1.82, 2.24) is 9.78 Å². The van der Waals surface area contributed by atoms with E-state index in [1.54, 1.807) is 0 Å². The molecular weight excluding hydrogens is 206 g/mol. The van der Waals surface area contributed by atoms with Gasteiger partial charge in [0.2, 0.25) is 0 Å². The number of methoxy groups -OCH3 is 1. The number of hydrogen-bond donors (Lipinski definition) is 0. The van der Waals surface area contributed by atoms with Crippen LogP contribution >= 0.6 is 0 Å². The molecule has 0 fully saturated rings. The molecule has 15 heavy (non-hydrogen) atoms. The van der Waals surface area contributed by atoms with E-state index in [2.05, 4.69) is 9.84 Å². The van der Waals surface area contributed by atoms with E-state index in [-0.39, 0.29) is 17.8 Å². The molecule has 6 heteroatoms. The van der Waals surface area contributed by atoms with Crippen molar-refractivity contribution in [2.75, 3.05) is 7.11 Å². The average molecular weight is 216 g/mol. The lowest BCUT2D eigenvalue weighted by Crippen LogP contribution is -2.25. The monoisotopic (exact) mass is 216 g/mol. The Hall–Kier alpha value is -1.46. The van der Waals surface area contributed by atoms with E-state index in [1.165, 1.54) is 11.8 Å². The van der Waals surface area contributed by atoms with Crippen LogP contribution in [0.2, 0.25) is 0 Å². The van der Waals surface area contributed by atoms with Gasteiger partial charge in [0, 0.05) is 19.0 Å². The maximum absolute atomic E-state index is 13.4. The molecule has 0 aliphatic carbocycles. The summed E-state index contributed by atoms with van der Waals surface area (Å²) in [6.45, 7) is 0.419. The highest BCUT2D eigenvalue weighted by Crippen LogP contribution is 2.36. The van der Waals surface area contributed by atoms with Gasteiger partial charge < -0.3 is 4.74 Å². The summed E-state index contributed by atoms with van der Waals surface area (Å²) in [5.41, 5.74) is -0.261. The molecule has 0 aromatic carbocycles. The second kappa shape index (κ2) is 3.29. The van der Waals surface area contributed by atoms with Crippen molar-refractivity contribution < 1.29 is 18.3 Å². The number of hydrogen-bond acceptors (Lipinski definition) is 3. The minimum atomic E-state index is -2.89. The number of carbonyl (C=O) groups excluding carboxylic acids is 1. The van der Waals surface area contributed by atoms with Crippen molar-refractivity contribution >= 4 is 5.97 Å². The molecule has 0 bridgehead atoms. The highest BCUT2D eigenvalue weighted by atomic mass is 19.3. The fraction of sp³-hybridized carbons (Fsp3) is 0.556. The third-order valence-electron chi connectivity index (χ3n) is 2.41. The highest BCUT2D eigenvalue weighted by molar-refractivity contribution is 5.87. The average Bonchev–Trinajstić information content (AvgIpc) is 2.61. The van der Waals surface area contributed by atoms with Crippen LogP contribution in [0, 0.1) is 0 Å². The Morgan fingerprint density at radius 3 is 3.00 bits per heavy atom. The fourth-order valence-electron chi connectivity index (χ4n) is 1.66. The van der Waals surface area contributed by atoms with Gasteiger partial charge in [0.25, 0.3) is 5.92 Å². The molecule has 82 valence electrons. The Bertz CT molecular complexity index is 401. The van der Waals surface area contributed by atoms with Crippen LogP contribution in [0.4, 0.5) is 8.78 Å². The molecule has 0 spiro atoms. The molecular formula is C9H10F2N2O2. The topological polar surface area (TPSA) is 44.1 Å². The Kier molecular flexibility index (Phi) is 2.21. The van der Waals surface area contributed by atoms with Crippen LogP contribution in [0.5, 0.6) is 0 Å². The molecule has 0 saturated heterocycles. The van der Waals surface area contributed by atoms with Gasteiger partial charge in [-0.2, -0.15) is 13.9 Å². The van der Waals surface area contributed by atoms with Gasteiger partial charge in [-0.3, -0.25) is 4.68 Å². The second-order valence-corrected chi connectivity index (χ2v) is 3.44. The largest absolute Gasteiger partial charge is 0.464 e. The van der Waals surface area contributed by atoms with Crippen LogP contribution in [0.3, 0.4) is 0 Å². The Labute approximate surface area is 84.8 Å². The van der Waals surface area contributed by atoms with E-state index in [1.807, 2.05) is 0 Å². The smallest absolute Gasteiger partial charge is 0.358 e. The van der Waals surface area contributed by atoms with Crippen LogP contribution in [0.15, 0.2) is 6.07 Å². The second-order valence-electron chi connectivity index (χ2n) is 3.44. The summed E-state index contributed by atoms with van der Waals surface area (Å²) in [5, 5.41) is 3.78. The maximum Gasteiger partial charge on any atom is 0.358 e. The first-order valence-electron chi connectivity index (χ1n) is 4.59. The number of rotatable bonds is 1. The first kappa shape index (κ1) is 10.1. The summed E-state index contributed by atoms with van der Waals surface area (Å²) in [4.78, 5) is 11.1. The summed E-state index contributed by atoms with van der Waals surface area (Å²) in [6, 6.07) is 1.10. The Morgan fingerprint density at radius 1 is 1.67 bits per heavy atom. The number of alkyl halides is 2. The van der Waals surface area contributed by atoms with Crippen LogP contribution < -0.4 is 0 Å². The normalized spacial score (nSPS) is 18.3. The van der Waals surface area contributed by atoms with E-state index in [0.29, 0.717) is 13.0 Å². The van der Waals surface area contributed by atoms with Gasteiger partial charge in [-0.15, -0.1) is 0 Å². The molecule has 2 heterocycles. The molecule has 0 unspecified atom stereocenters. The number of esters is 1. The lowest BCUT2D eigenvalue weighted by Gasteiger charge is -2.22. The van der Waals surface area contributed by atoms with Crippen molar-refractivity contribution in [3.05, 3.63) is 17.5 Å². The fourth-order valence-corrected chi connectivity index (χ4v) is 1.66. The minimum absolute atomic E-state index is 0.0610. The third-order valence-corrected chi connectivity index (χ3v) is 2.41. The number of ether oxygens (including phenoxy) is 1. The standard InChI is InChI=1S/C9H10F2N2O2/c1-15-8(14)6-5-7-9(10,11)3-2-4-13(7)12-6/h5H,2-4H2,1H3. The van der Waals surface area contributed by atoms with Gasteiger partial charge in [-0.25, -0.2) is 4.79 Å². The van der Waals surface area contributed by atoms with Gasteiger partial charge in [-0.05, 0) is 6.42 Å². The molecule has 1 aromatic rings. The molecule has 1 aliphatic heterocycles. The molecule has 1 aromatic heterocycles. The summed E-state index contributed by atoms with van der Waals surface area (Å²) in [7, 11) is 1.19. The van der Waals surface area contributed by atoms with Crippen LogP contribution in [0.25, 0.3) is 0 Å². The number of nitrogens with zero attached hydrogens (tertiary/aromatic N) is 2. The zero-order valence-electron chi connectivity index (χ0n) is 8.17. The van der Waals surface area contributed by atoms with Gasteiger partial charge >= 0.3 is 5.97 Å². The summed E-state index contributed by atoms with van der Waals surface area (Å²) < 4.78 is 32.3. The number of aryl methyl sites for hydroxylation is 1. The molecule has 0 radical (unpaired) electrons. The van der Waals surface area contributed by atoms with Gasteiger partial charge in [0.15, 0.2) is 5.69 Å². The molecule has 0 atom stereocenters. The van der Waals surface area contributed by atoms with Crippen LogP contribution in [-0.2, 0) is 17.2 Å². The lowest BCUT2D eigenvalue weighted by atomic mass is 10.1. The van der Waals surface area contributed by atoms with Crippen molar-refractivity contribution in [2.24, 2.45) is 0 Å². The lowest BCUT2D eigenvalue weighted by molar-refractivity contribution is -0.0364. The quantitative estimate of drug-likeness (QED) is 0.669. The van der Waals surface area contributed by atoms with Crippen molar-refractivity contribution in [3.63, 3.8) is 0 Å². The highest BCUT2D eigenvalue weighted by Gasteiger charge is 2.39. The Balaban J connectivity index is 2.42. The number of carbonyl (C=O) groups is 1. The van der Waals surface area contributed by atoms with Crippen molar-refractivity contribution in [3.8, 4) is 0 Å². The predicted octanol–water partition coefficient (Wildman–Crippen LogP) is 1.56. The Morgan fingerprint density at radius 2 is 2.40 bits per heavy atom. The molecule has 0 saturated carbocycles. The summed E-state index contributed by atoms with van der Waals surface area (Å²) in [5.74, 6) is -3.58. The van der Waals surface area contributed by atoms with E-state index in [9.17, 15) is 13.6 Å². The van der Waals surface area contributed by atoms with E-state index in [4.69, 9.17) is 0 Å². The minimum Gasteiger partial charge on any atom is -0.464 e. The SMILES string of the molecule is COC(=O)c1cc2n(n1)CCCC2(F)F. The molecule has 4 nitrogen and oxygen atoms in total.